The molecule has 1 amide bonds. The third kappa shape index (κ3) is 4.28. The molecular weight excluding hydrogens is 400 g/mol. The molecule has 29 heavy (non-hydrogen) atoms. The molecule has 1 aromatic heterocycles. The number of carbonyl (C=O) groups is 1. The van der Waals surface area contributed by atoms with Crippen LogP contribution >= 0.6 is 23.1 Å². The number of thiophene rings is 1. The molecule has 1 fully saturated rings. The van der Waals surface area contributed by atoms with Crippen LogP contribution in [0.3, 0.4) is 0 Å². The maximum Gasteiger partial charge on any atom is 0.266 e. The molecule has 3 aromatic rings. The van der Waals surface area contributed by atoms with E-state index in [1.807, 2.05) is 30.3 Å². The highest BCUT2D eigenvalue weighted by Gasteiger charge is 2.30. The first-order chi connectivity index (χ1) is 14.0. The van der Waals surface area contributed by atoms with Crippen LogP contribution in [0.2, 0.25) is 0 Å². The second-order valence-corrected chi connectivity index (χ2v) is 8.76. The van der Waals surface area contributed by atoms with Crippen molar-refractivity contribution in [2.45, 2.75) is 6.92 Å². The zero-order valence-electron chi connectivity index (χ0n) is 16.4. The van der Waals surface area contributed by atoms with Gasteiger partial charge in [-0.3, -0.25) is 9.69 Å². The Balaban J connectivity index is 1.56. The fraction of sp³-hybridized carbons (Fsp3) is 0.130. The number of aliphatic imine (C=N–C) groups is 1. The molecular formula is C23H20N2O2S2. The Kier molecular flexibility index (Phi) is 5.56. The van der Waals surface area contributed by atoms with Crippen LogP contribution < -0.4 is 4.74 Å². The smallest absolute Gasteiger partial charge is 0.266 e. The molecule has 4 rings (SSSR count). The largest absolute Gasteiger partial charge is 0.497 e. The molecule has 1 aliphatic heterocycles. The van der Waals surface area contributed by atoms with E-state index in [4.69, 9.17) is 4.74 Å². The number of rotatable bonds is 4. The average Bonchev–Trinajstić information content (AvgIpc) is 3.30. The van der Waals surface area contributed by atoms with Crippen LogP contribution in [0.5, 0.6) is 5.75 Å². The van der Waals surface area contributed by atoms with Gasteiger partial charge in [-0.15, -0.1) is 11.3 Å². The first kappa shape index (κ1) is 19.5. The van der Waals surface area contributed by atoms with Gasteiger partial charge in [-0.25, -0.2) is 4.99 Å². The van der Waals surface area contributed by atoms with Crippen LogP contribution in [0.25, 0.3) is 16.5 Å². The minimum absolute atomic E-state index is 0.0347. The first-order valence-corrected chi connectivity index (χ1v) is 10.7. The van der Waals surface area contributed by atoms with Crippen molar-refractivity contribution in [3.05, 3.63) is 76.0 Å². The number of amides is 1. The summed E-state index contributed by atoms with van der Waals surface area (Å²) in [7, 11) is 3.39. The number of likely N-dealkylation sites (N-methyl/N-ethyl adjacent to an activating group) is 1. The van der Waals surface area contributed by atoms with E-state index in [1.165, 1.54) is 27.8 Å². The number of hydrogen-bond acceptors (Lipinski definition) is 5. The fourth-order valence-electron chi connectivity index (χ4n) is 2.85. The summed E-state index contributed by atoms with van der Waals surface area (Å²) in [6.45, 7) is 2.08. The van der Waals surface area contributed by atoms with Crippen molar-refractivity contribution in [1.82, 2.24) is 4.90 Å². The van der Waals surface area contributed by atoms with Crippen LogP contribution in [0, 0.1) is 6.92 Å². The number of hydrogen-bond donors (Lipinski definition) is 0. The zero-order chi connectivity index (χ0) is 20.4. The van der Waals surface area contributed by atoms with Crippen molar-refractivity contribution in [1.29, 1.82) is 0 Å². The molecule has 0 spiro atoms. The van der Waals surface area contributed by atoms with Crippen molar-refractivity contribution < 1.29 is 9.53 Å². The van der Waals surface area contributed by atoms with E-state index in [1.54, 1.807) is 30.4 Å². The SMILES string of the molecule is COc1ccc(/N=C2/S/C(=C\c3ccc(-c4ccc(C)cc4)s3)C(=O)N2C)cc1. The fourth-order valence-corrected chi connectivity index (χ4v) is 4.86. The summed E-state index contributed by atoms with van der Waals surface area (Å²) >= 11 is 3.07. The minimum atomic E-state index is -0.0347. The van der Waals surface area contributed by atoms with E-state index < -0.39 is 0 Å². The second kappa shape index (κ2) is 8.27. The van der Waals surface area contributed by atoms with Crippen molar-refractivity contribution >= 4 is 45.9 Å². The highest BCUT2D eigenvalue weighted by atomic mass is 32.2. The standard InChI is InChI=1S/C23H20N2O2S2/c1-15-4-6-16(7-5-15)20-13-12-19(28-20)14-21-22(26)25(2)23(29-21)24-17-8-10-18(27-3)11-9-17/h4-14H,1-3H3/b21-14-,24-23+. The number of amidine groups is 1. The number of benzene rings is 2. The second-order valence-electron chi connectivity index (χ2n) is 6.64. The van der Waals surface area contributed by atoms with Crippen LogP contribution in [0.1, 0.15) is 10.4 Å². The molecule has 6 heteroatoms. The molecule has 146 valence electrons. The highest BCUT2D eigenvalue weighted by molar-refractivity contribution is 8.18. The molecule has 0 N–H and O–H groups in total. The Labute approximate surface area is 178 Å². The topological polar surface area (TPSA) is 41.9 Å². The van der Waals surface area contributed by atoms with E-state index in [0.29, 0.717) is 10.1 Å². The van der Waals surface area contributed by atoms with E-state index in [0.717, 1.165) is 16.3 Å². The summed E-state index contributed by atoms with van der Waals surface area (Å²) in [6.07, 6.45) is 1.95. The third-order valence-electron chi connectivity index (χ3n) is 4.54. The van der Waals surface area contributed by atoms with E-state index >= 15 is 0 Å². The van der Waals surface area contributed by atoms with Crippen molar-refractivity contribution in [3.8, 4) is 16.2 Å². The minimum Gasteiger partial charge on any atom is -0.497 e. The third-order valence-corrected chi connectivity index (χ3v) is 6.68. The predicted molar refractivity (Wildman–Crippen MR) is 123 cm³/mol. The van der Waals surface area contributed by atoms with Gasteiger partial charge in [-0.05, 0) is 66.7 Å². The summed E-state index contributed by atoms with van der Waals surface area (Å²) in [4.78, 5) is 21.8. The summed E-state index contributed by atoms with van der Waals surface area (Å²) in [5, 5.41) is 0.668. The van der Waals surface area contributed by atoms with Gasteiger partial charge in [0.1, 0.15) is 5.75 Å². The molecule has 1 saturated heterocycles. The Bertz CT molecular complexity index is 1100. The van der Waals surface area contributed by atoms with Crippen LogP contribution in [0.15, 0.2) is 70.6 Å². The molecule has 1 aliphatic rings. The number of carbonyl (C=O) groups excluding carboxylic acids is 1. The van der Waals surface area contributed by atoms with Crippen LogP contribution in [-0.2, 0) is 4.79 Å². The molecule has 0 bridgehead atoms. The lowest BCUT2D eigenvalue weighted by Gasteiger charge is -2.07. The van der Waals surface area contributed by atoms with E-state index in [9.17, 15) is 4.79 Å². The van der Waals surface area contributed by atoms with Crippen LogP contribution in [-0.4, -0.2) is 30.1 Å². The maximum absolute atomic E-state index is 12.7. The van der Waals surface area contributed by atoms with Crippen molar-refractivity contribution in [3.63, 3.8) is 0 Å². The van der Waals surface area contributed by atoms with Gasteiger partial charge in [0, 0.05) is 16.8 Å². The van der Waals surface area contributed by atoms with Gasteiger partial charge < -0.3 is 4.74 Å². The monoisotopic (exact) mass is 420 g/mol. The lowest BCUT2D eigenvalue weighted by molar-refractivity contribution is -0.121. The zero-order valence-corrected chi connectivity index (χ0v) is 18.0. The summed E-state index contributed by atoms with van der Waals surface area (Å²) in [5.74, 6) is 0.743. The number of nitrogens with zero attached hydrogens (tertiary/aromatic N) is 2. The summed E-state index contributed by atoms with van der Waals surface area (Å²) in [6, 6.07) is 20.1. The van der Waals surface area contributed by atoms with E-state index in [-0.39, 0.29) is 5.91 Å². The van der Waals surface area contributed by atoms with Gasteiger partial charge in [0.2, 0.25) is 0 Å². The maximum atomic E-state index is 12.7. The van der Waals surface area contributed by atoms with Gasteiger partial charge in [-0.2, -0.15) is 0 Å². The number of thioether (sulfide) groups is 1. The molecule has 2 aromatic carbocycles. The summed E-state index contributed by atoms with van der Waals surface area (Å²) in [5.41, 5.74) is 3.22. The van der Waals surface area contributed by atoms with E-state index in [2.05, 4.69) is 48.3 Å². The van der Waals surface area contributed by atoms with Gasteiger partial charge in [0.25, 0.3) is 5.91 Å². The van der Waals surface area contributed by atoms with Gasteiger partial charge in [0.05, 0.1) is 17.7 Å². The number of aryl methyl sites for hydroxylation is 1. The number of methoxy groups -OCH3 is 1. The average molecular weight is 421 g/mol. The molecule has 4 nitrogen and oxygen atoms in total. The Morgan fingerprint density at radius 3 is 2.41 bits per heavy atom. The van der Waals surface area contributed by atoms with Crippen LogP contribution in [0.4, 0.5) is 5.69 Å². The molecule has 0 saturated carbocycles. The quantitative estimate of drug-likeness (QED) is 0.489. The first-order valence-electron chi connectivity index (χ1n) is 9.11. The molecule has 0 atom stereocenters. The molecule has 0 aliphatic carbocycles. The molecule has 0 unspecified atom stereocenters. The van der Waals surface area contributed by atoms with Gasteiger partial charge in [0.15, 0.2) is 5.17 Å². The Morgan fingerprint density at radius 2 is 1.72 bits per heavy atom. The Morgan fingerprint density at radius 1 is 1.00 bits per heavy atom. The lowest BCUT2D eigenvalue weighted by Crippen LogP contribution is -2.23. The molecule has 2 heterocycles. The van der Waals surface area contributed by atoms with Crippen molar-refractivity contribution in [2.24, 2.45) is 4.99 Å². The normalized spacial score (nSPS) is 16.8. The number of ether oxygens (including phenoxy) is 1. The highest BCUT2D eigenvalue weighted by Crippen LogP contribution is 2.36. The lowest BCUT2D eigenvalue weighted by atomic mass is 10.1. The van der Waals surface area contributed by atoms with Gasteiger partial charge >= 0.3 is 0 Å². The molecule has 0 radical (unpaired) electrons. The van der Waals surface area contributed by atoms with Gasteiger partial charge in [-0.1, -0.05) is 29.8 Å². The predicted octanol–water partition coefficient (Wildman–Crippen LogP) is 5.97. The Hall–Kier alpha value is -2.83. The van der Waals surface area contributed by atoms with Crippen molar-refractivity contribution in [2.75, 3.05) is 14.2 Å². The summed E-state index contributed by atoms with van der Waals surface area (Å²) < 4.78 is 5.17.